The summed E-state index contributed by atoms with van der Waals surface area (Å²) in [7, 11) is 0. The Balaban J connectivity index is 0.879. The van der Waals surface area contributed by atoms with Crippen molar-refractivity contribution in [2.45, 2.75) is 50.4 Å². The lowest BCUT2D eigenvalue weighted by atomic mass is 9.67. The maximum absolute atomic E-state index is 2.47. The van der Waals surface area contributed by atoms with E-state index in [4.69, 9.17) is 0 Å². The zero-order chi connectivity index (χ0) is 54.8. The number of benzene rings is 12. The monoisotopic (exact) mass is 1050 g/mol. The first-order valence-corrected chi connectivity index (χ1v) is 29.3. The number of para-hydroxylation sites is 2. The molecule has 0 heterocycles. The van der Waals surface area contributed by atoms with Crippen LogP contribution in [0.25, 0.3) is 55.6 Å². The predicted octanol–water partition coefficient (Wildman–Crippen LogP) is 22.0. The number of fused-ring (bicyclic) bond motifs is 3. The number of hydrogen-bond donors (Lipinski definition) is 0. The van der Waals surface area contributed by atoms with Crippen molar-refractivity contribution in [3.05, 3.63) is 337 Å². The molecule has 394 valence electrons. The molecule has 12 aromatic carbocycles. The van der Waals surface area contributed by atoms with Gasteiger partial charge in [0.25, 0.3) is 0 Å². The summed E-state index contributed by atoms with van der Waals surface area (Å²) in [5.41, 5.74) is 26.0. The van der Waals surface area contributed by atoms with Crippen LogP contribution in [0.15, 0.2) is 303 Å². The number of anilines is 6. The minimum Gasteiger partial charge on any atom is -0.311 e. The van der Waals surface area contributed by atoms with Crippen LogP contribution in [-0.4, -0.2) is 0 Å². The van der Waals surface area contributed by atoms with Gasteiger partial charge in [0.15, 0.2) is 0 Å². The number of nitrogens with zero attached hydrogens (tertiary/aromatic N) is 2. The SMILES string of the molecule is Cc1cccc2c1-c1ccc(N(c3ccccc3)c3ccc(-c4cc(-c5ccccc5)c(-c5ccc(N(c6ccccc6)c6ccc(C7CCCCC7)cc6)cc5)cc4-c4ccccc4)cc3)cc1C2(c1ccccc1)c1ccccc1. The number of rotatable bonds is 13. The molecular weight excluding hydrogens is 989 g/mol. The van der Waals surface area contributed by atoms with Crippen molar-refractivity contribution in [1.29, 1.82) is 0 Å². The Labute approximate surface area is 483 Å². The van der Waals surface area contributed by atoms with Crippen LogP contribution in [0.3, 0.4) is 0 Å². The highest BCUT2D eigenvalue weighted by molar-refractivity contribution is 5.97. The van der Waals surface area contributed by atoms with Gasteiger partial charge >= 0.3 is 0 Å². The van der Waals surface area contributed by atoms with Crippen LogP contribution in [0, 0.1) is 6.92 Å². The van der Waals surface area contributed by atoms with Gasteiger partial charge in [-0.15, -0.1) is 0 Å². The molecular formula is C80H64N2. The van der Waals surface area contributed by atoms with Gasteiger partial charge in [0.2, 0.25) is 0 Å². The maximum Gasteiger partial charge on any atom is 0.0714 e. The smallest absolute Gasteiger partial charge is 0.0714 e. The minimum absolute atomic E-state index is 0.525. The Kier molecular flexibility index (Phi) is 13.6. The standard InChI is InChI=1S/C80H64N2/c1-57-24-23-39-77-79(57)72-53-52-71(54-78(72)80(77,64-31-15-5-16-32-64)65-33-17-6-18-34-65)82(67-37-21-8-22-38-67)70-50-44-63(45-51-70)76-56-73(60-27-11-3-12-28-60)75(55-74(76)61-29-13-4-14-30-61)62-42-48-69(49-43-62)81(66-35-19-7-20-36-66)68-46-40-59(41-47-68)58-25-9-2-10-26-58/h3-8,11-24,27-56,58H,2,9-10,25-26H2,1H3. The first-order chi connectivity index (χ1) is 40.6. The largest absolute Gasteiger partial charge is 0.311 e. The highest BCUT2D eigenvalue weighted by Gasteiger charge is 2.47. The molecule has 0 N–H and O–H groups in total. The molecule has 1 saturated carbocycles. The van der Waals surface area contributed by atoms with Crippen LogP contribution in [0.2, 0.25) is 0 Å². The fourth-order valence-electron chi connectivity index (χ4n) is 13.6. The molecule has 0 aromatic heterocycles. The third kappa shape index (κ3) is 9.21. The lowest BCUT2D eigenvalue weighted by molar-refractivity contribution is 0.443. The fourth-order valence-corrected chi connectivity index (χ4v) is 13.6. The van der Waals surface area contributed by atoms with E-state index in [1.807, 2.05) is 0 Å². The summed E-state index contributed by atoms with van der Waals surface area (Å²) in [6.07, 6.45) is 6.61. The molecule has 14 rings (SSSR count). The van der Waals surface area contributed by atoms with Crippen LogP contribution in [-0.2, 0) is 5.41 Å². The van der Waals surface area contributed by atoms with Crippen LogP contribution in [0.5, 0.6) is 0 Å². The Morgan fingerprint density at radius 3 is 1.13 bits per heavy atom. The van der Waals surface area contributed by atoms with E-state index in [0.717, 1.165) is 39.6 Å². The molecule has 2 nitrogen and oxygen atoms in total. The van der Waals surface area contributed by atoms with E-state index in [1.165, 1.54) is 116 Å². The van der Waals surface area contributed by atoms with Crippen molar-refractivity contribution < 1.29 is 0 Å². The van der Waals surface area contributed by atoms with Crippen molar-refractivity contribution in [1.82, 2.24) is 0 Å². The van der Waals surface area contributed by atoms with Gasteiger partial charge in [0, 0.05) is 34.1 Å². The molecule has 12 aromatic rings. The van der Waals surface area contributed by atoms with E-state index in [1.54, 1.807) is 0 Å². The zero-order valence-electron chi connectivity index (χ0n) is 46.4. The molecule has 0 bridgehead atoms. The fraction of sp³-hybridized carbons (Fsp3) is 0.100. The van der Waals surface area contributed by atoms with Crippen LogP contribution in [0.1, 0.15) is 71.4 Å². The van der Waals surface area contributed by atoms with E-state index in [0.29, 0.717) is 5.92 Å². The average Bonchev–Trinajstić information content (AvgIpc) is 3.68. The van der Waals surface area contributed by atoms with Gasteiger partial charge in [-0.3, -0.25) is 0 Å². The first-order valence-electron chi connectivity index (χ1n) is 29.3. The maximum atomic E-state index is 2.47. The highest BCUT2D eigenvalue weighted by atomic mass is 15.1. The average molecular weight is 1050 g/mol. The molecule has 0 amide bonds. The molecule has 1 fully saturated rings. The first kappa shape index (κ1) is 50.5. The molecule has 0 radical (unpaired) electrons. The molecule has 2 aliphatic carbocycles. The topological polar surface area (TPSA) is 6.48 Å². The van der Waals surface area contributed by atoms with E-state index in [2.05, 4.69) is 320 Å². The van der Waals surface area contributed by atoms with Gasteiger partial charge in [-0.1, -0.05) is 238 Å². The summed E-state index contributed by atoms with van der Waals surface area (Å²) in [4.78, 5) is 4.81. The van der Waals surface area contributed by atoms with Gasteiger partial charge in [-0.25, -0.2) is 0 Å². The predicted molar refractivity (Wildman–Crippen MR) is 345 cm³/mol. The molecule has 0 atom stereocenters. The summed E-state index contributed by atoms with van der Waals surface area (Å²) >= 11 is 0. The van der Waals surface area contributed by atoms with Crippen LogP contribution >= 0.6 is 0 Å². The van der Waals surface area contributed by atoms with Gasteiger partial charge in [-0.2, -0.15) is 0 Å². The van der Waals surface area contributed by atoms with Gasteiger partial charge in [0.05, 0.1) is 5.41 Å². The molecule has 82 heavy (non-hydrogen) atoms. The summed E-state index contributed by atoms with van der Waals surface area (Å²) in [5, 5.41) is 0. The molecule has 2 aliphatic rings. The van der Waals surface area contributed by atoms with Crippen molar-refractivity contribution in [2.75, 3.05) is 9.80 Å². The third-order valence-electron chi connectivity index (χ3n) is 17.5. The summed E-state index contributed by atoms with van der Waals surface area (Å²) in [6, 6.07) is 112. The van der Waals surface area contributed by atoms with Crippen molar-refractivity contribution >= 4 is 34.1 Å². The molecule has 0 unspecified atom stereocenters. The third-order valence-corrected chi connectivity index (χ3v) is 17.5. The summed E-state index contributed by atoms with van der Waals surface area (Å²) < 4.78 is 0. The quantitative estimate of drug-likeness (QED) is 0.114. The molecule has 2 heteroatoms. The zero-order valence-corrected chi connectivity index (χ0v) is 46.4. The van der Waals surface area contributed by atoms with Crippen molar-refractivity contribution in [2.24, 2.45) is 0 Å². The van der Waals surface area contributed by atoms with E-state index in [9.17, 15) is 0 Å². The van der Waals surface area contributed by atoms with Crippen molar-refractivity contribution in [3.63, 3.8) is 0 Å². The van der Waals surface area contributed by atoms with Gasteiger partial charge < -0.3 is 9.80 Å². The Morgan fingerprint density at radius 1 is 0.293 bits per heavy atom. The summed E-state index contributed by atoms with van der Waals surface area (Å²) in [5.74, 6) is 0.663. The number of hydrogen-bond acceptors (Lipinski definition) is 2. The van der Waals surface area contributed by atoms with Crippen molar-refractivity contribution in [3.8, 4) is 55.6 Å². The van der Waals surface area contributed by atoms with Gasteiger partial charge in [0.1, 0.15) is 0 Å². The second kappa shape index (κ2) is 22.1. The van der Waals surface area contributed by atoms with E-state index < -0.39 is 5.41 Å². The van der Waals surface area contributed by atoms with Crippen LogP contribution in [0.4, 0.5) is 34.1 Å². The molecule has 0 spiro atoms. The normalized spacial score (nSPS) is 13.5. The number of aryl methyl sites for hydroxylation is 1. The Hall–Kier alpha value is -9.76. The second-order valence-corrected chi connectivity index (χ2v) is 22.2. The highest BCUT2D eigenvalue weighted by Crippen LogP contribution is 2.58. The van der Waals surface area contributed by atoms with Crippen LogP contribution < -0.4 is 9.80 Å². The minimum atomic E-state index is -0.525. The van der Waals surface area contributed by atoms with E-state index in [-0.39, 0.29) is 0 Å². The second-order valence-electron chi connectivity index (χ2n) is 22.2. The van der Waals surface area contributed by atoms with Gasteiger partial charge in [-0.05, 0) is 200 Å². The molecule has 0 saturated heterocycles. The lowest BCUT2D eigenvalue weighted by Gasteiger charge is -2.35. The van der Waals surface area contributed by atoms with E-state index >= 15 is 0 Å². The molecule has 0 aliphatic heterocycles. The Bertz CT molecular complexity index is 4100. The summed E-state index contributed by atoms with van der Waals surface area (Å²) in [6.45, 7) is 2.26. The Morgan fingerprint density at radius 2 is 0.671 bits per heavy atom. The lowest BCUT2D eigenvalue weighted by Crippen LogP contribution is -2.28.